The van der Waals surface area contributed by atoms with Crippen LogP contribution in [0, 0.1) is 5.82 Å². The molecule has 0 spiro atoms. The first-order valence-corrected chi connectivity index (χ1v) is 11.9. The van der Waals surface area contributed by atoms with Gasteiger partial charge in [0.1, 0.15) is 18.4 Å². The lowest BCUT2D eigenvalue weighted by Gasteiger charge is -2.42. The van der Waals surface area contributed by atoms with Crippen molar-refractivity contribution in [2.45, 2.75) is 31.2 Å². The molecule has 6 rings (SSSR count). The molecule has 12 heteroatoms. The average Bonchev–Trinajstić information content (AvgIpc) is 3.39. The number of ether oxygens (including phenoxy) is 2. The van der Waals surface area contributed by atoms with Crippen molar-refractivity contribution in [3.63, 3.8) is 0 Å². The second kappa shape index (κ2) is 9.25. The Labute approximate surface area is 204 Å². The van der Waals surface area contributed by atoms with Gasteiger partial charge in [-0.3, -0.25) is 4.90 Å². The SMILES string of the molecule is COc1nc(N[C@H]2CCN(C3COC3)C[C@H]2F)nn2cc(F)c(-c3ccc4ncn(CCF)c4c3)c12. The lowest BCUT2D eigenvalue weighted by atomic mass is 10.0. The fourth-order valence-corrected chi connectivity index (χ4v) is 5.00. The Hall–Kier alpha value is -3.38. The van der Waals surface area contributed by atoms with E-state index in [9.17, 15) is 8.78 Å². The van der Waals surface area contributed by atoms with E-state index >= 15 is 4.39 Å². The summed E-state index contributed by atoms with van der Waals surface area (Å²) in [5.41, 5.74) is 2.53. The van der Waals surface area contributed by atoms with E-state index in [2.05, 4.69) is 25.3 Å². The number of aromatic nitrogens is 5. The number of fused-ring (bicyclic) bond motifs is 2. The topological polar surface area (TPSA) is 81.7 Å². The summed E-state index contributed by atoms with van der Waals surface area (Å²) in [6.45, 7) is 1.97. The average molecular weight is 502 g/mol. The first kappa shape index (κ1) is 23.0. The molecule has 0 radical (unpaired) electrons. The molecule has 2 fully saturated rings. The third-order valence-electron chi connectivity index (χ3n) is 7.01. The van der Waals surface area contributed by atoms with Gasteiger partial charge in [-0.25, -0.2) is 22.7 Å². The Bertz CT molecular complexity index is 1400. The van der Waals surface area contributed by atoms with Crippen LogP contribution in [-0.2, 0) is 11.3 Å². The number of benzene rings is 1. The fraction of sp³-hybridized carbons (Fsp3) is 0.458. The zero-order valence-corrected chi connectivity index (χ0v) is 19.7. The van der Waals surface area contributed by atoms with Crippen molar-refractivity contribution in [3.05, 3.63) is 36.5 Å². The van der Waals surface area contributed by atoms with Gasteiger partial charge in [0.2, 0.25) is 11.8 Å². The Morgan fingerprint density at radius 3 is 2.86 bits per heavy atom. The van der Waals surface area contributed by atoms with E-state index in [1.807, 2.05) is 0 Å². The van der Waals surface area contributed by atoms with Crippen LogP contribution in [0.5, 0.6) is 5.88 Å². The second-order valence-corrected chi connectivity index (χ2v) is 9.16. The minimum absolute atomic E-state index is 0.156. The summed E-state index contributed by atoms with van der Waals surface area (Å²) in [7, 11) is 1.44. The number of methoxy groups -OCH3 is 1. The molecule has 9 nitrogen and oxygen atoms in total. The molecule has 4 aromatic rings. The number of aryl methyl sites for hydroxylation is 1. The summed E-state index contributed by atoms with van der Waals surface area (Å²) in [6.07, 6.45) is 2.28. The zero-order chi connectivity index (χ0) is 24.8. The van der Waals surface area contributed by atoms with Gasteiger partial charge in [-0.05, 0) is 24.1 Å². The van der Waals surface area contributed by atoms with E-state index in [1.54, 1.807) is 29.1 Å². The molecule has 2 saturated heterocycles. The van der Waals surface area contributed by atoms with Crippen molar-refractivity contribution >= 4 is 22.5 Å². The van der Waals surface area contributed by atoms with Gasteiger partial charge in [0.05, 0.1) is 68.1 Å². The summed E-state index contributed by atoms with van der Waals surface area (Å²) in [4.78, 5) is 10.8. The van der Waals surface area contributed by atoms with Gasteiger partial charge in [-0.2, -0.15) is 4.98 Å². The second-order valence-electron chi connectivity index (χ2n) is 9.16. The number of nitrogens with zero attached hydrogens (tertiary/aromatic N) is 6. The van der Waals surface area contributed by atoms with Crippen molar-refractivity contribution in [2.24, 2.45) is 0 Å². The van der Waals surface area contributed by atoms with E-state index in [4.69, 9.17) is 9.47 Å². The molecule has 190 valence electrons. The highest BCUT2D eigenvalue weighted by molar-refractivity contribution is 5.90. The Morgan fingerprint density at radius 1 is 1.28 bits per heavy atom. The maximum atomic E-state index is 15.3. The number of nitrogens with one attached hydrogen (secondary N) is 1. The first-order valence-electron chi connectivity index (χ1n) is 11.9. The van der Waals surface area contributed by atoms with Crippen LogP contribution in [0.1, 0.15) is 6.42 Å². The van der Waals surface area contributed by atoms with Gasteiger partial charge in [0.15, 0.2) is 5.82 Å². The van der Waals surface area contributed by atoms with E-state index in [1.165, 1.54) is 17.8 Å². The standard InChI is InChI=1S/C24H26F3N7O2/c1-35-23-22-21(14-2-3-19-20(8-14)33(7-5-25)13-28-19)17(27)10-34(22)31-24(30-23)29-18-4-6-32(9-16(18)26)15-11-36-12-15/h2-3,8,10,13,15-16,18H,4-7,9,11-12H2,1H3,(H,29,31)/t16-,18+/m1/s1. The monoisotopic (exact) mass is 501 g/mol. The maximum Gasteiger partial charge on any atom is 0.244 e. The van der Waals surface area contributed by atoms with Gasteiger partial charge >= 0.3 is 0 Å². The normalized spacial score (nSPS) is 21.2. The molecular weight excluding hydrogens is 475 g/mol. The smallest absolute Gasteiger partial charge is 0.244 e. The number of piperidine rings is 1. The largest absolute Gasteiger partial charge is 0.479 e. The van der Waals surface area contributed by atoms with Gasteiger partial charge in [-0.1, -0.05) is 6.07 Å². The maximum absolute atomic E-state index is 15.3. The lowest BCUT2D eigenvalue weighted by Crippen LogP contribution is -2.57. The highest BCUT2D eigenvalue weighted by atomic mass is 19.1. The summed E-state index contributed by atoms with van der Waals surface area (Å²) in [5.74, 6) is -0.205. The molecule has 5 heterocycles. The number of anilines is 1. The van der Waals surface area contributed by atoms with Crippen molar-refractivity contribution in [1.82, 2.24) is 29.0 Å². The van der Waals surface area contributed by atoms with Crippen LogP contribution < -0.4 is 10.1 Å². The number of imidazole rings is 1. The summed E-state index contributed by atoms with van der Waals surface area (Å²) in [5, 5.41) is 7.49. The van der Waals surface area contributed by atoms with Crippen LogP contribution in [-0.4, -0.2) is 87.4 Å². The minimum Gasteiger partial charge on any atom is -0.479 e. The van der Waals surface area contributed by atoms with Gasteiger partial charge in [-0.15, -0.1) is 5.10 Å². The highest BCUT2D eigenvalue weighted by Crippen LogP contribution is 2.35. The summed E-state index contributed by atoms with van der Waals surface area (Å²) >= 11 is 0. The minimum atomic E-state index is -1.11. The molecule has 2 aliphatic rings. The van der Waals surface area contributed by atoms with E-state index in [0.29, 0.717) is 48.3 Å². The van der Waals surface area contributed by atoms with E-state index < -0.39 is 24.7 Å². The number of hydrogen-bond acceptors (Lipinski definition) is 7. The van der Waals surface area contributed by atoms with Crippen molar-refractivity contribution in [2.75, 3.05) is 45.4 Å². The molecule has 1 N–H and O–H groups in total. The molecule has 0 unspecified atom stereocenters. The van der Waals surface area contributed by atoms with Crippen molar-refractivity contribution in [1.29, 1.82) is 0 Å². The Morgan fingerprint density at radius 2 is 2.14 bits per heavy atom. The molecule has 1 aromatic carbocycles. The molecule has 3 aromatic heterocycles. The molecule has 0 aliphatic carbocycles. The van der Waals surface area contributed by atoms with Gasteiger partial charge < -0.3 is 19.4 Å². The third-order valence-corrected chi connectivity index (χ3v) is 7.01. The number of rotatable bonds is 7. The van der Waals surface area contributed by atoms with Crippen LogP contribution in [0.3, 0.4) is 0 Å². The molecule has 0 saturated carbocycles. The number of hydrogen-bond donors (Lipinski definition) is 1. The van der Waals surface area contributed by atoms with Crippen LogP contribution in [0.25, 0.3) is 27.7 Å². The van der Waals surface area contributed by atoms with Crippen LogP contribution in [0.2, 0.25) is 0 Å². The molecule has 2 atom stereocenters. The van der Waals surface area contributed by atoms with Crippen LogP contribution in [0.4, 0.5) is 19.1 Å². The van der Waals surface area contributed by atoms with E-state index in [-0.39, 0.29) is 30.0 Å². The Kier molecular flexibility index (Phi) is 5.92. The molecule has 36 heavy (non-hydrogen) atoms. The number of alkyl halides is 2. The van der Waals surface area contributed by atoms with Crippen molar-refractivity contribution < 1.29 is 22.6 Å². The fourth-order valence-electron chi connectivity index (χ4n) is 5.00. The molecule has 0 amide bonds. The number of likely N-dealkylation sites (tertiary alicyclic amines) is 1. The third kappa shape index (κ3) is 3.94. The van der Waals surface area contributed by atoms with Crippen LogP contribution in [0.15, 0.2) is 30.7 Å². The summed E-state index contributed by atoms with van der Waals surface area (Å²) in [6, 6.07) is 5.08. The number of halogens is 3. The van der Waals surface area contributed by atoms with Gasteiger partial charge in [0.25, 0.3) is 0 Å². The molecular formula is C24H26F3N7O2. The molecule has 2 aliphatic heterocycles. The quantitative estimate of drug-likeness (QED) is 0.417. The summed E-state index contributed by atoms with van der Waals surface area (Å²) < 4.78 is 56.9. The first-order chi connectivity index (χ1) is 17.6. The van der Waals surface area contributed by atoms with Gasteiger partial charge in [0, 0.05) is 13.1 Å². The van der Waals surface area contributed by atoms with Crippen LogP contribution >= 0.6 is 0 Å². The van der Waals surface area contributed by atoms with E-state index in [0.717, 1.165) is 6.54 Å². The Balaban J connectivity index is 1.32. The lowest BCUT2D eigenvalue weighted by molar-refractivity contribution is -0.0794. The molecule has 0 bridgehead atoms. The zero-order valence-electron chi connectivity index (χ0n) is 19.7. The highest BCUT2D eigenvalue weighted by Gasteiger charge is 2.36. The van der Waals surface area contributed by atoms with Crippen molar-refractivity contribution in [3.8, 4) is 17.0 Å². The predicted molar refractivity (Wildman–Crippen MR) is 127 cm³/mol. The predicted octanol–water partition coefficient (Wildman–Crippen LogP) is 3.09.